The van der Waals surface area contributed by atoms with E-state index in [9.17, 15) is 0 Å². The summed E-state index contributed by atoms with van der Waals surface area (Å²) < 4.78 is 0. The second kappa shape index (κ2) is 39.4. The molecule has 3 saturated heterocycles. The zero-order valence-electron chi connectivity index (χ0n) is 43.8. The average molecular weight is 814 g/mol. The fraction of sp³-hybridized carbons (Fsp3) is 1.00. The fourth-order valence-electron chi connectivity index (χ4n) is 9.90. The normalized spacial score (nSPS) is 27.4. The maximum atomic E-state index is 3.50. The van der Waals surface area contributed by atoms with Crippen LogP contribution in [0.5, 0.6) is 0 Å². The first-order valence-corrected chi connectivity index (χ1v) is 26.6. The molecular formula is C53H116N2S. The van der Waals surface area contributed by atoms with Gasteiger partial charge in [-0.3, -0.25) is 0 Å². The third kappa shape index (κ3) is 26.5. The van der Waals surface area contributed by atoms with Gasteiger partial charge >= 0.3 is 0 Å². The Balaban J connectivity index is -0.000000303. The number of thioether (sulfide) groups is 1. The third-order valence-corrected chi connectivity index (χ3v) is 14.6. The molecule has 2 nitrogen and oxygen atoms in total. The summed E-state index contributed by atoms with van der Waals surface area (Å²) in [7, 11) is 0. The van der Waals surface area contributed by atoms with Crippen LogP contribution in [0.4, 0.5) is 0 Å². The van der Waals surface area contributed by atoms with Crippen LogP contribution < -0.4 is 10.6 Å². The molecule has 2 N–H and O–H groups in total. The lowest BCUT2D eigenvalue weighted by Crippen LogP contribution is -2.41. The molecule has 4 rings (SSSR count). The van der Waals surface area contributed by atoms with Crippen LogP contribution in [0.25, 0.3) is 0 Å². The summed E-state index contributed by atoms with van der Waals surface area (Å²) in [6, 6.07) is 0. The van der Waals surface area contributed by atoms with Crippen molar-refractivity contribution < 1.29 is 0 Å². The minimum absolute atomic E-state index is 0.838. The molecule has 1 saturated carbocycles. The molecule has 344 valence electrons. The van der Waals surface area contributed by atoms with E-state index < -0.39 is 0 Å². The fourth-order valence-corrected chi connectivity index (χ4v) is 11.8. The van der Waals surface area contributed by atoms with Gasteiger partial charge in [-0.1, -0.05) is 185 Å². The molecule has 1 aliphatic carbocycles. The number of hydrogen-bond acceptors (Lipinski definition) is 3. The Bertz CT molecular complexity index is 678. The smallest absolute Gasteiger partial charge is 0.00153 e. The zero-order chi connectivity index (χ0) is 44.6. The van der Waals surface area contributed by atoms with Gasteiger partial charge in [-0.2, -0.15) is 11.8 Å². The van der Waals surface area contributed by atoms with Crippen LogP contribution in [0, 0.1) is 94.7 Å². The lowest BCUT2D eigenvalue weighted by Gasteiger charge is -2.37. The van der Waals surface area contributed by atoms with Gasteiger partial charge in [-0.25, -0.2) is 0 Å². The number of nitrogens with one attached hydrogen (secondary N) is 2. The third-order valence-electron chi connectivity index (χ3n) is 13.3. The molecule has 0 spiro atoms. The summed E-state index contributed by atoms with van der Waals surface area (Å²) in [4.78, 5) is 0. The Morgan fingerprint density at radius 3 is 0.750 bits per heavy atom. The summed E-state index contributed by atoms with van der Waals surface area (Å²) in [5.74, 6) is 17.4. The average Bonchev–Trinajstić information content (AvgIpc) is 3.57. The van der Waals surface area contributed by atoms with E-state index in [1.165, 1.54) is 82.6 Å². The Morgan fingerprint density at radius 1 is 0.304 bits per heavy atom. The van der Waals surface area contributed by atoms with E-state index in [0.29, 0.717) is 0 Å². The first kappa shape index (κ1) is 62.9. The summed E-state index contributed by atoms with van der Waals surface area (Å²) in [6.45, 7) is 58.9. The second-order valence-electron chi connectivity index (χ2n) is 19.4. The Labute approximate surface area is 364 Å². The molecule has 0 radical (unpaired) electrons. The standard InChI is InChI=1S/C13H26.2C11H23N.C10H20S.4C2H6/c1-10(2)12-8-6-5-7-9-13(12)11(3)4;2*1-8(2)10-5-6-12-7-11(10)9(3)4;1-7(2)9-5-11-6-10(9)8(3)4;4*1-2/h10-13H,5-9H2,1-4H3;2*8-12H,5-7H2,1-4H3;7-10H,5-6H2,1-4H3;4*1-2H3. The highest BCUT2D eigenvalue weighted by molar-refractivity contribution is 7.99. The van der Waals surface area contributed by atoms with E-state index in [2.05, 4.69) is 133 Å². The number of piperidine rings is 2. The van der Waals surface area contributed by atoms with Gasteiger partial charge in [0.25, 0.3) is 0 Å². The lowest BCUT2D eigenvalue weighted by atomic mass is 9.74. The molecular weight excluding hydrogens is 697 g/mol. The van der Waals surface area contributed by atoms with Crippen molar-refractivity contribution in [2.24, 2.45) is 94.7 Å². The second-order valence-corrected chi connectivity index (χ2v) is 20.5. The summed E-state index contributed by atoms with van der Waals surface area (Å²) in [5, 5.41) is 7.00. The van der Waals surface area contributed by atoms with Gasteiger partial charge in [-0.15, -0.1) is 0 Å². The van der Waals surface area contributed by atoms with Crippen molar-refractivity contribution in [3.05, 3.63) is 0 Å². The van der Waals surface area contributed by atoms with Crippen molar-refractivity contribution >= 4 is 11.8 Å². The van der Waals surface area contributed by atoms with Crippen molar-refractivity contribution in [3.8, 4) is 0 Å². The minimum atomic E-state index is 0.838. The molecule has 4 aliphatic rings. The van der Waals surface area contributed by atoms with Crippen LogP contribution in [0.2, 0.25) is 0 Å². The Kier molecular flexibility index (Phi) is 44.3. The molecule has 3 heterocycles. The largest absolute Gasteiger partial charge is 0.316 e. The molecule has 4 fully saturated rings. The maximum absolute atomic E-state index is 3.50. The lowest BCUT2D eigenvalue weighted by molar-refractivity contribution is 0.150. The molecule has 3 heteroatoms. The van der Waals surface area contributed by atoms with Crippen LogP contribution >= 0.6 is 11.8 Å². The SMILES string of the molecule is CC.CC.CC.CC.CC(C)C1CCCCCC1C(C)C.CC(C)C1CCNCC1C(C)C.CC(C)C1CCNCC1C(C)C.CC(C)C1CSCC1C(C)C. The molecule has 0 aromatic heterocycles. The highest BCUT2D eigenvalue weighted by Crippen LogP contribution is 2.40. The van der Waals surface area contributed by atoms with E-state index in [0.717, 1.165) is 94.7 Å². The van der Waals surface area contributed by atoms with Crippen LogP contribution in [-0.2, 0) is 0 Å². The summed E-state index contributed by atoms with van der Waals surface area (Å²) >= 11 is 2.15. The van der Waals surface area contributed by atoms with Gasteiger partial charge in [0.2, 0.25) is 0 Å². The Hall–Kier alpha value is 0.270. The van der Waals surface area contributed by atoms with Gasteiger partial charge in [0.15, 0.2) is 0 Å². The summed E-state index contributed by atoms with van der Waals surface area (Å²) in [6.07, 6.45) is 10.2. The van der Waals surface area contributed by atoms with Crippen molar-refractivity contribution in [3.63, 3.8) is 0 Å². The Morgan fingerprint density at radius 2 is 0.536 bits per heavy atom. The maximum Gasteiger partial charge on any atom is -0.00153 e. The highest BCUT2D eigenvalue weighted by Gasteiger charge is 2.32. The van der Waals surface area contributed by atoms with Crippen molar-refractivity contribution in [2.75, 3.05) is 37.7 Å². The van der Waals surface area contributed by atoms with Gasteiger partial charge < -0.3 is 10.6 Å². The van der Waals surface area contributed by atoms with Crippen LogP contribution in [0.15, 0.2) is 0 Å². The highest BCUT2D eigenvalue weighted by atomic mass is 32.2. The van der Waals surface area contributed by atoms with Gasteiger partial charge in [0, 0.05) is 0 Å². The quantitative estimate of drug-likeness (QED) is 0.239. The van der Waals surface area contributed by atoms with Gasteiger partial charge in [0.1, 0.15) is 0 Å². The predicted molar refractivity (Wildman–Crippen MR) is 267 cm³/mol. The topological polar surface area (TPSA) is 24.1 Å². The van der Waals surface area contributed by atoms with Crippen molar-refractivity contribution in [2.45, 2.75) is 211 Å². The predicted octanol–water partition coefficient (Wildman–Crippen LogP) is 16.9. The number of rotatable bonds is 8. The molecule has 0 aromatic rings. The zero-order valence-corrected chi connectivity index (χ0v) is 44.7. The molecule has 56 heavy (non-hydrogen) atoms. The minimum Gasteiger partial charge on any atom is -0.316 e. The molecule has 0 amide bonds. The molecule has 8 atom stereocenters. The van der Waals surface area contributed by atoms with E-state index in [-0.39, 0.29) is 0 Å². The van der Waals surface area contributed by atoms with E-state index in [1.54, 1.807) is 0 Å². The molecule has 3 aliphatic heterocycles. The van der Waals surface area contributed by atoms with Crippen LogP contribution in [0.1, 0.15) is 211 Å². The number of hydrogen-bond donors (Lipinski definition) is 2. The van der Waals surface area contributed by atoms with Crippen molar-refractivity contribution in [1.29, 1.82) is 0 Å². The monoisotopic (exact) mass is 813 g/mol. The first-order chi connectivity index (χ1) is 26.5. The summed E-state index contributed by atoms with van der Waals surface area (Å²) in [5.41, 5.74) is 0. The van der Waals surface area contributed by atoms with E-state index >= 15 is 0 Å². The van der Waals surface area contributed by atoms with Crippen LogP contribution in [-0.4, -0.2) is 37.7 Å². The van der Waals surface area contributed by atoms with E-state index in [1.807, 2.05) is 55.4 Å². The van der Waals surface area contributed by atoms with Gasteiger partial charge in [0.05, 0.1) is 0 Å². The van der Waals surface area contributed by atoms with Gasteiger partial charge in [-0.05, 0) is 158 Å². The van der Waals surface area contributed by atoms with Crippen molar-refractivity contribution in [1.82, 2.24) is 10.6 Å². The molecule has 8 unspecified atom stereocenters. The van der Waals surface area contributed by atoms with Crippen LogP contribution in [0.3, 0.4) is 0 Å². The van der Waals surface area contributed by atoms with E-state index in [4.69, 9.17) is 0 Å². The molecule has 0 aromatic carbocycles. The molecule has 0 bridgehead atoms. The first-order valence-electron chi connectivity index (χ1n) is 25.5.